The quantitative estimate of drug-likeness (QED) is 0.874. The summed E-state index contributed by atoms with van der Waals surface area (Å²) in [5.74, 6) is 0.963. The average Bonchev–Trinajstić information content (AvgIpc) is 2.97. The number of rotatable bonds is 5. The smallest absolute Gasteiger partial charge is 0.219 e. The Morgan fingerprint density at radius 3 is 3.17 bits per heavy atom. The second-order valence-electron chi connectivity index (χ2n) is 5.95. The number of likely N-dealkylation sites (tertiary alicyclic amines) is 1. The minimum atomic E-state index is 0.131. The molecule has 7 nitrogen and oxygen atoms in total. The first-order chi connectivity index (χ1) is 11.2. The van der Waals surface area contributed by atoms with E-state index < -0.39 is 0 Å². The Hall–Kier alpha value is -2.15. The van der Waals surface area contributed by atoms with Gasteiger partial charge in [0.25, 0.3) is 0 Å². The number of fused-ring (bicyclic) bond motifs is 1. The number of aromatic amines is 1. The van der Waals surface area contributed by atoms with Crippen LogP contribution in [-0.2, 0) is 16.0 Å². The van der Waals surface area contributed by atoms with Gasteiger partial charge in [-0.25, -0.2) is 9.97 Å². The van der Waals surface area contributed by atoms with Gasteiger partial charge in [0.2, 0.25) is 5.91 Å². The van der Waals surface area contributed by atoms with Crippen molar-refractivity contribution in [3.05, 3.63) is 18.1 Å². The summed E-state index contributed by atoms with van der Waals surface area (Å²) in [4.78, 5) is 25.4. The molecule has 2 aromatic rings. The third kappa shape index (κ3) is 3.44. The van der Waals surface area contributed by atoms with Crippen molar-refractivity contribution in [1.82, 2.24) is 19.9 Å². The van der Waals surface area contributed by atoms with E-state index in [0.717, 1.165) is 54.8 Å². The molecule has 0 aliphatic carbocycles. The number of hydrogen-bond acceptors (Lipinski definition) is 5. The van der Waals surface area contributed by atoms with Crippen LogP contribution in [0.4, 0.5) is 5.82 Å². The van der Waals surface area contributed by atoms with E-state index >= 15 is 0 Å². The van der Waals surface area contributed by atoms with E-state index in [-0.39, 0.29) is 11.9 Å². The zero-order valence-corrected chi connectivity index (χ0v) is 13.6. The van der Waals surface area contributed by atoms with Gasteiger partial charge in [0, 0.05) is 39.4 Å². The Labute approximate surface area is 135 Å². The van der Waals surface area contributed by atoms with Gasteiger partial charge in [0.1, 0.15) is 17.8 Å². The number of anilines is 1. The molecule has 0 radical (unpaired) electrons. The summed E-state index contributed by atoms with van der Waals surface area (Å²) in [5.41, 5.74) is 1.97. The van der Waals surface area contributed by atoms with Crippen molar-refractivity contribution >= 4 is 22.8 Å². The Morgan fingerprint density at radius 1 is 1.52 bits per heavy atom. The van der Waals surface area contributed by atoms with Crippen LogP contribution in [0.1, 0.15) is 25.3 Å². The van der Waals surface area contributed by atoms with E-state index in [0.29, 0.717) is 6.61 Å². The number of methoxy groups -OCH3 is 1. The van der Waals surface area contributed by atoms with Gasteiger partial charge >= 0.3 is 0 Å². The predicted molar refractivity (Wildman–Crippen MR) is 88.4 cm³/mol. The molecule has 1 aliphatic rings. The van der Waals surface area contributed by atoms with Crippen LogP contribution in [0.2, 0.25) is 0 Å². The van der Waals surface area contributed by atoms with E-state index in [4.69, 9.17) is 4.74 Å². The molecule has 0 spiro atoms. The average molecular weight is 317 g/mol. The molecule has 0 bridgehead atoms. The first-order valence-electron chi connectivity index (χ1n) is 8.01. The molecule has 1 saturated heterocycles. The molecule has 1 aliphatic heterocycles. The maximum absolute atomic E-state index is 11.6. The summed E-state index contributed by atoms with van der Waals surface area (Å²) in [7, 11) is 1.70. The van der Waals surface area contributed by atoms with Crippen molar-refractivity contribution in [2.24, 2.45) is 0 Å². The lowest BCUT2D eigenvalue weighted by Gasteiger charge is -2.32. The zero-order valence-electron chi connectivity index (χ0n) is 13.6. The molecule has 23 heavy (non-hydrogen) atoms. The van der Waals surface area contributed by atoms with Gasteiger partial charge in [0.15, 0.2) is 0 Å². The number of nitrogens with one attached hydrogen (secondary N) is 2. The fraction of sp³-hybridized carbons (Fsp3) is 0.562. The highest BCUT2D eigenvalue weighted by Gasteiger charge is 2.23. The lowest BCUT2D eigenvalue weighted by atomic mass is 10.1. The summed E-state index contributed by atoms with van der Waals surface area (Å²) in [6.07, 6.45) is 6.38. The highest BCUT2D eigenvalue weighted by atomic mass is 16.5. The highest BCUT2D eigenvalue weighted by molar-refractivity contribution is 5.90. The van der Waals surface area contributed by atoms with Crippen molar-refractivity contribution in [1.29, 1.82) is 0 Å². The topological polar surface area (TPSA) is 83.1 Å². The Bertz CT molecular complexity index is 684. The third-order valence-corrected chi connectivity index (χ3v) is 4.33. The van der Waals surface area contributed by atoms with Gasteiger partial charge in [-0.2, -0.15) is 0 Å². The Kier molecular flexibility index (Phi) is 4.76. The normalized spacial score (nSPS) is 18.3. The van der Waals surface area contributed by atoms with Gasteiger partial charge in [-0.05, 0) is 24.8 Å². The first-order valence-corrected chi connectivity index (χ1v) is 8.01. The molecule has 3 rings (SSSR count). The van der Waals surface area contributed by atoms with Gasteiger partial charge in [0.05, 0.1) is 12.0 Å². The number of aromatic nitrogens is 3. The fourth-order valence-electron chi connectivity index (χ4n) is 3.12. The summed E-state index contributed by atoms with van der Waals surface area (Å²) in [5, 5.41) is 4.52. The van der Waals surface area contributed by atoms with Crippen molar-refractivity contribution in [3.8, 4) is 0 Å². The standard InChI is InChI=1S/C16H23N5O2/c1-11(22)21-6-3-4-13(9-21)20-16-14-12(5-7-23-2)8-17-15(14)18-10-19-16/h8,10,13H,3-7,9H2,1-2H3,(H2,17,18,19,20)/t13-/m1/s1. The molecule has 2 N–H and O–H groups in total. The molecule has 3 heterocycles. The number of carbonyl (C=O) groups is 1. The fourth-order valence-corrected chi connectivity index (χ4v) is 3.12. The third-order valence-electron chi connectivity index (χ3n) is 4.33. The van der Waals surface area contributed by atoms with Crippen LogP contribution < -0.4 is 5.32 Å². The molecular formula is C16H23N5O2. The molecule has 0 saturated carbocycles. The number of carbonyl (C=O) groups excluding carboxylic acids is 1. The van der Waals surface area contributed by atoms with Crippen molar-refractivity contribution in [2.45, 2.75) is 32.2 Å². The minimum Gasteiger partial charge on any atom is -0.384 e. The number of piperidine rings is 1. The van der Waals surface area contributed by atoms with E-state index in [2.05, 4.69) is 20.3 Å². The monoisotopic (exact) mass is 317 g/mol. The second kappa shape index (κ2) is 6.95. The molecule has 124 valence electrons. The summed E-state index contributed by atoms with van der Waals surface area (Å²) < 4.78 is 5.18. The van der Waals surface area contributed by atoms with Gasteiger partial charge < -0.3 is 19.9 Å². The van der Waals surface area contributed by atoms with Crippen LogP contribution in [0.25, 0.3) is 11.0 Å². The molecule has 7 heteroatoms. The first kappa shape index (κ1) is 15.7. The van der Waals surface area contributed by atoms with Crippen LogP contribution in [0.15, 0.2) is 12.5 Å². The van der Waals surface area contributed by atoms with Crippen LogP contribution in [0.5, 0.6) is 0 Å². The molecular weight excluding hydrogens is 294 g/mol. The van der Waals surface area contributed by atoms with Crippen LogP contribution >= 0.6 is 0 Å². The second-order valence-corrected chi connectivity index (χ2v) is 5.95. The van der Waals surface area contributed by atoms with E-state index in [9.17, 15) is 4.79 Å². The zero-order chi connectivity index (χ0) is 16.2. The summed E-state index contributed by atoms with van der Waals surface area (Å²) >= 11 is 0. The maximum atomic E-state index is 11.6. The lowest BCUT2D eigenvalue weighted by Crippen LogP contribution is -2.44. The van der Waals surface area contributed by atoms with Crippen LogP contribution in [0, 0.1) is 0 Å². The van der Waals surface area contributed by atoms with Crippen molar-refractivity contribution in [2.75, 3.05) is 32.1 Å². The SMILES string of the molecule is COCCc1c[nH]c2ncnc(N[C@@H]3CCCN(C(C)=O)C3)c12. The van der Waals surface area contributed by atoms with Gasteiger partial charge in [-0.1, -0.05) is 0 Å². The maximum Gasteiger partial charge on any atom is 0.219 e. The molecule has 1 amide bonds. The number of ether oxygens (including phenoxy) is 1. The van der Waals surface area contributed by atoms with Gasteiger partial charge in [-0.3, -0.25) is 4.79 Å². The Balaban J connectivity index is 1.81. The van der Waals surface area contributed by atoms with Crippen LogP contribution in [-0.4, -0.2) is 58.6 Å². The largest absolute Gasteiger partial charge is 0.384 e. The number of amides is 1. The Morgan fingerprint density at radius 2 is 2.39 bits per heavy atom. The molecule has 2 aromatic heterocycles. The highest BCUT2D eigenvalue weighted by Crippen LogP contribution is 2.25. The predicted octanol–water partition coefficient (Wildman–Crippen LogP) is 1.57. The number of nitrogens with zero attached hydrogens (tertiary/aromatic N) is 3. The van der Waals surface area contributed by atoms with Gasteiger partial charge in [-0.15, -0.1) is 0 Å². The number of H-pyrrole nitrogens is 1. The van der Waals surface area contributed by atoms with Crippen molar-refractivity contribution in [3.63, 3.8) is 0 Å². The van der Waals surface area contributed by atoms with E-state index in [1.807, 2.05) is 11.1 Å². The van der Waals surface area contributed by atoms with E-state index in [1.165, 1.54) is 0 Å². The lowest BCUT2D eigenvalue weighted by molar-refractivity contribution is -0.129. The van der Waals surface area contributed by atoms with E-state index in [1.54, 1.807) is 20.4 Å². The molecule has 1 atom stereocenters. The van der Waals surface area contributed by atoms with Crippen molar-refractivity contribution < 1.29 is 9.53 Å². The number of hydrogen-bond donors (Lipinski definition) is 2. The molecule has 1 fully saturated rings. The minimum absolute atomic E-state index is 0.131. The molecule has 0 unspecified atom stereocenters. The molecule has 0 aromatic carbocycles. The summed E-state index contributed by atoms with van der Waals surface area (Å²) in [6, 6.07) is 0.218. The summed E-state index contributed by atoms with van der Waals surface area (Å²) in [6.45, 7) is 3.84. The van der Waals surface area contributed by atoms with Crippen LogP contribution in [0.3, 0.4) is 0 Å².